The number of nitrogens with one attached hydrogen (secondary N) is 1. The molecule has 21 heavy (non-hydrogen) atoms. The highest BCUT2D eigenvalue weighted by Crippen LogP contribution is 2.30. The van der Waals surface area contributed by atoms with E-state index in [0.717, 1.165) is 30.7 Å². The number of methoxy groups -OCH3 is 1. The molecule has 0 radical (unpaired) electrons. The van der Waals surface area contributed by atoms with Crippen molar-refractivity contribution in [3.05, 3.63) is 59.4 Å². The minimum absolute atomic E-state index is 0.281. The van der Waals surface area contributed by atoms with E-state index < -0.39 is 0 Å². The Hall–Kier alpha value is -1.87. The van der Waals surface area contributed by atoms with Gasteiger partial charge in [-0.15, -0.1) is 0 Å². The van der Waals surface area contributed by atoms with E-state index in [0.29, 0.717) is 6.04 Å². The van der Waals surface area contributed by atoms with Crippen LogP contribution in [0.3, 0.4) is 0 Å². The molecule has 0 amide bonds. The van der Waals surface area contributed by atoms with E-state index in [1.54, 1.807) is 7.11 Å². The number of pyridine rings is 1. The summed E-state index contributed by atoms with van der Waals surface area (Å²) >= 11 is 0. The maximum atomic E-state index is 5.47. The monoisotopic (exact) mass is 282 g/mol. The second kappa shape index (κ2) is 6.27. The quantitative estimate of drug-likeness (QED) is 0.934. The van der Waals surface area contributed by atoms with Crippen LogP contribution in [-0.4, -0.2) is 18.1 Å². The smallest absolute Gasteiger partial charge is 0.122 e. The second-order valence-electron chi connectivity index (χ2n) is 5.68. The van der Waals surface area contributed by atoms with E-state index in [1.165, 1.54) is 11.1 Å². The zero-order valence-corrected chi connectivity index (χ0v) is 12.7. The van der Waals surface area contributed by atoms with Crippen molar-refractivity contribution in [3.63, 3.8) is 0 Å². The molecule has 0 bridgehead atoms. The molecule has 1 N–H and O–H groups in total. The fraction of sp³-hybridized carbons (Fsp3) is 0.389. The van der Waals surface area contributed by atoms with Crippen LogP contribution in [-0.2, 0) is 12.8 Å². The van der Waals surface area contributed by atoms with Crippen LogP contribution < -0.4 is 10.1 Å². The van der Waals surface area contributed by atoms with Crippen molar-refractivity contribution in [3.8, 4) is 5.75 Å². The lowest BCUT2D eigenvalue weighted by atomic mass is 9.87. The molecule has 1 heterocycles. The maximum absolute atomic E-state index is 5.47. The summed E-state index contributed by atoms with van der Waals surface area (Å²) in [5.74, 6) is 1.03. The van der Waals surface area contributed by atoms with E-state index in [-0.39, 0.29) is 6.04 Å². The number of hydrogen-bond acceptors (Lipinski definition) is 3. The van der Waals surface area contributed by atoms with Crippen LogP contribution >= 0.6 is 0 Å². The number of fused-ring (bicyclic) bond motifs is 1. The zero-order chi connectivity index (χ0) is 14.7. The van der Waals surface area contributed by atoms with Gasteiger partial charge in [0.1, 0.15) is 5.75 Å². The first kappa shape index (κ1) is 14.1. The number of aromatic nitrogens is 1. The zero-order valence-electron chi connectivity index (χ0n) is 12.7. The molecule has 0 saturated carbocycles. The SMILES string of the molecule is COc1cccc2c1CC[C@H](N[C@H](C)c1ccccn1)C2. The van der Waals surface area contributed by atoms with Crippen LogP contribution in [0.1, 0.15) is 36.2 Å². The van der Waals surface area contributed by atoms with Gasteiger partial charge in [-0.25, -0.2) is 0 Å². The molecule has 3 heteroatoms. The highest BCUT2D eigenvalue weighted by molar-refractivity contribution is 5.42. The van der Waals surface area contributed by atoms with E-state index in [2.05, 4.69) is 41.5 Å². The lowest BCUT2D eigenvalue weighted by Gasteiger charge is -2.29. The van der Waals surface area contributed by atoms with Crippen molar-refractivity contribution >= 4 is 0 Å². The minimum Gasteiger partial charge on any atom is -0.496 e. The van der Waals surface area contributed by atoms with Crippen molar-refractivity contribution in [1.82, 2.24) is 10.3 Å². The molecule has 1 aliphatic carbocycles. The van der Waals surface area contributed by atoms with Crippen molar-refractivity contribution in [1.29, 1.82) is 0 Å². The van der Waals surface area contributed by atoms with E-state index >= 15 is 0 Å². The topological polar surface area (TPSA) is 34.1 Å². The molecule has 0 aliphatic heterocycles. The van der Waals surface area contributed by atoms with Gasteiger partial charge in [0.15, 0.2) is 0 Å². The third-order valence-electron chi connectivity index (χ3n) is 4.28. The van der Waals surface area contributed by atoms with Crippen molar-refractivity contribution < 1.29 is 4.74 Å². The normalized spacial score (nSPS) is 18.9. The Labute approximate surface area is 126 Å². The minimum atomic E-state index is 0.281. The molecule has 2 atom stereocenters. The third-order valence-corrected chi connectivity index (χ3v) is 4.28. The van der Waals surface area contributed by atoms with Gasteiger partial charge in [-0.05, 0) is 55.5 Å². The Bertz CT molecular complexity index is 597. The average Bonchev–Trinajstić information content (AvgIpc) is 2.54. The first-order chi connectivity index (χ1) is 10.3. The maximum Gasteiger partial charge on any atom is 0.122 e. The lowest BCUT2D eigenvalue weighted by Crippen LogP contribution is -2.36. The Balaban J connectivity index is 1.69. The van der Waals surface area contributed by atoms with Crippen LogP contribution in [0.4, 0.5) is 0 Å². The van der Waals surface area contributed by atoms with Crippen molar-refractivity contribution in [2.75, 3.05) is 7.11 Å². The van der Waals surface area contributed by atoms with E-state index in [9.17, 15) is 0 Å². The predicted molar refractivity (Wildman–Crippen MR) is 84.6 cm³/mol. The van der Waals surface area contributed by atoms with Crippen molar-refractivity contribution in [2.24, 2.45) is 0 Å². The molecule has 1 aromatic heterocycles. The molecule has 0 fully saturated rings. The third kappa shape index (κ3) is 3.08. The molecule has 3 rings (SSSR count). The Morgan fingerprint density at radius 3 is 2.90 bits per heavy atom. The molecule has 1 aliphatic rings. The van der Waals surface area contributed by atoms with Gasteiger partial charge in [0.05, 0.1) is 12.8 Å². The number of nitrogens with zero attached hydrogens (tertiary/aromatic N) is 1. The molecular formula is C18H22N2O. The molecule has 0 spiro atoms. The Morgan fingerprint density at radius 2 is 2.14 bits per heavy atom. The molecule has 2 aromatic rings. The summed E-state index contributed by atoms with van der Waals surface area (Å²) in [7, 11) is 1.75. The highest BCUT2D eigenvalue weighted by Gasteiger charge is 2.22. The van der Waals surface area contributed by atoms with Gasteiger partial charge in [0, 0.05) is 18.3 Å². The van der Waals surface area contributed by atoms with E-state index in [4.69, 9.17) is 4.74 Å². The molecule has 0 unspecified atom stereocenters. The van der Waals surface area contributed by atoms with Gasteiger partial charge in [-0.2, -0.15) is 0 Å². The molecule has 110 valence electrons. The summed E-state index contributed by atoms with van der Waals surface area (Å²) in [4.78, 5) is 4.43. The van der Waals surface area contributed by atoms with Crippen LogP contribution in [0.5, 0.6) is 5.75 Å². The largest absolute Gasteiger partial charge is 0.496 e. The number of benzene rings is 1. The van der Waals surface area contributed by atoms with Crippen LogP contribution in [0, 0.1) is 0 Å². The first-order valence-electron chi connectivity index (χ1n) is 7.59. The highest BCUT2D eigenvalue weighted by atomic mass is 16.5. The van der Waals surface area contributed by atoms with Gasteiger partial charge < -0.3 is 10.1 Å². The first-order valence-corrected chi connectivity index (χ1v) is 7.59. The summed E-state index contributed by atoms with van der Waals surface area (Å²) in [6.07, 6.45) is 5.13. The predicted octanol–water partition coefficient (Wildman–Crippen LogP) is 3.30. The van der Waals surface area contributed by atoms with Crippen molar-refractivity contribution in [2.45, 2.75) is 38.3 Å². The molecule has 1 aromatic carbocycles. The lowest BCUT2D eigenvalue weighted by molar-refractivity contribution is 0.385. The molecule has 0 saturated heterocycles. The summed E-state index contributed by atoms with van der Waals surface area (Å²) < 4.78 is 5.47. The van der Waals surface area contributed by atoms with E-state index in [1.807, 2.05) is 18.3 Å². The fourth-order valence-corrected chi connectivity index (χ4v) is 3.18. The van der Waals surface area contributed by atoms with Gasteiger partial charge in [-0.1, -0.05) is 18.2 Å². The van der Waals surface area contributed by atoms with Crippen LogP contribution in [0.2, 0.25) is 0 Å². The van der Waals surface area contributed by atoms with Crippen LogP contribution in [0.25, 0.3) is 0 Å². The summed E-state index contributed by atoms with van der Waals surface area (Å²) in [5, 5.41) is 3.71. The Kier molecular flexibility index (Phi) is 4.20. The average molecular weight is 282 g/mol. The molecular weight excluding hydrogens is 260 g/mol. The number of rotatable bonds is 4. The summed E-state index contributed by atoms with van der Waals surface area (Å²) in [6.45, 7) is 2.18. The number of ether oxygens (including phenoxy) is 1. The second-order valence-corrected chi connectivity index (χ2v) is 5.68. The van der Waals surface area contributed by atoms with Gasteiger partial charge in [0.25, 0.3) is 0 Å². The summed E-state index contributed by atoms with van der Waals surface area (Å²) in [5.41, 5.74) is 3.89. The Morgan fingerprint density at radius 1 is 1.24 bits per heavy atom. The molecule has 3 nitrogen and oxygen atoms in total. The van der Waals surface area contributed by atoms with Gasteiger partial charge in [0.2, 0.25) is 0 Å². The van der Waals surface area contributed by atoms with Gasteiger partial charge >= 0.3 is 0 Å². The summed E-state index contributed by atoms with van der Waals surface area (Å²) in [6, 6.07) is 13.2. The van der Waals surface area contributed by atoms with Gasteiger partial charge in [-0.3, -0.25) is 4.98 Å². The number of hydrogen-bond donors (Lipinski definition) is 1. The van der Waals surface area contributed by atoms with Crippen LogP contribution in [0.15, 0.2) is 42.6 Å². The standard InChI is InChI=1S/C18H22N2O/c1-13(17-7-3-4-11-19-17)20-15-9-10-16-14(12-15)6-5-8-18(16)21-2/h3-8,11,13,15,20H,9-10,12H2,1-2H3/t13-,15+/m1/s1. The fourth-order valence-electron chi connectivity index (χ4n) is 3.18.